The lowest BCUT2D eigenvalue weighted by Crippen LogP contribution is -2.23. The molecule has 0 radical (unpaired) electrons. The summed E-state index contributed by atoms with van der Waals surface area (Å²) in [5.74, 6) is -0.340. The van der Waals surface area contributed by atoms with Gasteiger partial charge in [0.05, 0.1) is 12.1 Å². The fraction of sp³-hybridized carbons (Fsp3) is 0.158. The average Bonchev–Trinajstić information content (AvgIpc) is 3.13. The normalized spacial score (nSPS) is 11.3. The summed E-state index contributed by atoms with van der Waals surface area (Å²) in [7, 11) is 0. The number of amides is 1. The number of aromatic nitrogens is 2. The Kier molecular flexibility index (Phi) is 5.06. The molecular formula is C19H16F3N3O. The van der Waals surface area contributed by atoms with Crippen LogP contribution < -0.4 is 5.32 Å². The van der Waals surface area contributed by atoms with Crippen molar-refractivity contribution in [3.05, 3.63) is 89.2 Å². The van der Waals surface area contributed by atoms with Gasteiger partial charge < -0.3 is 5.32 Å². The number of hydrogen-bond donors (Lipinski definition) is 1. The number of carbonyl (C=O) groups excluding carboxylic acids is 1. The number of carbonyl (C=O) groups is 1. The van der Waals surface area contributed by atoms with E-state index in [1.54, 1.807) is 29.1 Å². The molecule has 1 N–H and O–H groups in total. The first-order valence-corrected chi connectivity index (χ1v) is 7.92. The molecule has 134 valence electrons. The van der Waals surface area contributed by atoms with Gasteiger partial charge in [-0.2, -0.15) is 18.3 Å². The molecule has 0 saturated heterocycles. The second-order valence-corrected chi connectivity index (χ2v) is 5.78. The highest BCUT2D eigenvalue weighted by atomic mass is 19.4. The van der Waals surface area contributed by atoms with E-state index < -0.39 is 11.7 Å². The fourth-order valence-corrected chi connectivity index (χ4v) is 2.48. The van der Waals surface area contributed by atoms with Gasteiger partial charge in [0.15, 0.2) is 0 Å². The summed E-state index contributed by atoms with van der Waals surface area (Å²) < 4.78 is 39.9. The molecule has 1 aromatic heterocycles. The minimum Gasteiger partial charge on any atom is -0.348 e. The number of alkyl halides is 3. The van der Waals surface area contributed by atoms with Crippen LogP contribution in [0.25, 0.3) is 0 Å². The summed E-state index contributed by atoms with van der Waals surface area (Å²) >= 11 is 0. The van der Waals surface area contributed by atoms with Gasteiger partial charge in [0, 0.05) is 24.5 Å². The molecule has 0 bridgehead atoms. The van der Waals surface area contributed by atoms with Gasteiger partial charge in [-0.1, -0.05) is 24.3 Å². The Morgan fingerprint density at radius 2 is 1.81 bits per heavy atom. The highest BCUT2D eigenvalue weighted by Gasteiger charge is 2.30. The van der Waals surface area contributed by atoms with Crippen molar-refractivity contribution in [2.75, 3.05) is 0 Å². The molecule has 1 heterocycles. The molecule has 1 amide bonds. The summed E-state index contributed by atoms with van der Waals surface area (Å²) in [6.45, 7) is 0.622. The molecule has 4 nitrogen and oxygen atoms in total. The first-order chi connectivity index (χ1) is 12.4. The summed E-state index contributed by atoms with van der Waals surface area (Å²) in [5, 5.41) is 6.75. The molecule has 0 spiro atoms. The van der Waals surface area contributed by atoms with Gasteiger partial charge >= 0.3 is 6.18 Å². The Morgan fingerprint density at radius 1 is 1.04 bits per heavy atom. The smallest absolute Gasteiger partial charge is 0.348 e. The molecule has 3 aromatic rings. The van der Waals surface area contributed by atoms with Crippen molar-refractivity contribution in [1.82, 2.24) is 15.1 Å². The minimum atomic E-state index is -4.40. The highest BCUT2D eigenvalue weighted by Crippen LogP contribution is 2.29. The summed E-state index contributed by atoms with van der Waals surface area (Å²) in [6, 6.07) is 13.7. The van der Waals surface area contributed by atoms with Gasteiger partial charge in [0.1, 0.15) is 0 Å². The van der Waals surface area contributed by atoms with E-state index in [0.29, 0.717) is 17.7 Å². The average molecular weight is 359 g/mol. The van der Waals surface area contributed by atoms with Gasteiger partial charge in [0.2, 0.25) is 0 Å². The molecule has 0 aliphatic carbocycles. The summed E-state index contributed by atoms with van der Waals surface area (Å²) in [4.78, 5) is 12.2. The third kappa shape index (κ3) is 4.50. The molecule has 26 heavy (non-hydrogen) atoms. The molecule has 0 unspecified atom stereocenters. The lowest BCUT2D eigenvalue weighted by atomic mass is 10.1. The number of nitrogens with zero attached hydrogens (tertiary/aromatic N) is 2. The second kappa shape index (κ2) is 7.43. The minimum absolute atomic E-state index is 0.0256. The molecule has 0 atom stereocenters. The Labute approximate surface area is 148 Å². The maximum atomic E-state index is 12.7. The molecule has 0 fully saturated rings. The van der Waals surface area contributed by atoms with E-state index in [0.717, 1.165) is 17.7 Å². The lowest BCUT2D eigenvalue weighted by Gasteiger charge is -2.10. The van der Waals surface area contributed by atoms with Crippen LogP contribution in [0.5, 0.6) is 0 Å². The van der Waals surface area contributed by atoms with Crippen LogP contribution in [0.1, 0.15) is 27.0 Å². The predicted molar refractivity (Wildman–Crippen MR) is 90.4 cm³/mol. The van der Waals surface area contributed by atoms with Crippen LogP contribution >= 0.6 is 0 Å². The van der Waals surface area contributed by atoms with Gasteiger partial charge in [0.25, 0.3) is 5.91 Å². The molecule has 0 aliphatic heterocycles. The maximum absolute atomic E-state index is 12.7. The first-order valence-electron chi connectivity index (χ1n) is 7.92. The van der Waals surface area contributed by atoms with E-state index in [-0.39, 0.29) is 12.5 Å². The zero-order chi connectivity index (χ0) is 18.6. The van der Waals surface area contributed by atoms with Crippen LogP contribution in [0.4, 0.5) is 13.2 Å². The third-order valence-corrected chi connectivity index (χ3v) is 3.83. The topological polar surface area (TPSA) is 46.9 Å². The van der Waals surface area contributed by atoms with Crippen molar-refractivity contribution in [2.24, 2.45) is 0 Å². The lowest BCUT2D eigenvalue weighted by molar-refractivity contribution is -0.137. The van der Waals surface area contributed by atoms with E-state index in [1.807, 2.05) is 24.4 Å². The predicted octanol–water partition coefficient (Wildman–Crippen LogP) is 3.88. The summed E-state index contributed by atoms with van der Waals surface area (Å²) in [5.41, 5.74) is 1.10. The molecular weight excluding hydrogens is 343 g/mol. The van der Waals surface area contributed by atoms with Crippen molar-refractivity contribution in [3.8, 4) is 0 Å². The van der Waals surface area contributed by atoms with E-state index in [9.17, 15) is 18.0 Å². The van der Waals surface area contributed by atoms with Gasteiger partial charge in [-0.3, -0.25) is 9.48 Å². The van der Waals surface area contributed by atoms with Crippen LogP contribution in [0, 0.1) is 0 Å². The Morgan fingerprint density at radius 3 is 2.46 bits per heavy atom. The van der Waals surface area contributed by atoms with Crippen molar-refractivity contribution >= 4 is 5.91 Å². The molecule has 3 rings (SSSR count). The Bertz CT molecular complexity index is 872. The Hall–Kier alpha value is -3.09. The number of benzene rings is 2. The molecule has 0 aliphatic rings. The summed E-state index contributed by atoms with van der Waals surface area (Å²) in [6.07, 6.45) is -0.865. The molecule has 0 saturated carbocycles. The number of halogens is 3. The zero-order valence-corrected chi connectivity index (χ0v) is 13.7. The second-order valence-electron chi connectivity index (χ2n) is 5.78. The first kappa shape index (κ1) is 17.7. The van der Waals surface area contributed by atoms with Crippen molar-refractivity contribution < 1.29 is 18.0 Å². The van der Waals surface area contributed by atoms with E-state index in [1.165, 1.54) is 6.07 Å². The maximum Gasteiger partial charge on any atom is 0.416 e. The van der Waals surface area contributed by atoms with Crippen molar-refractivity contribution in [1.29, 1.82) is 0 Å². The molecule has 7 heteroatoms. The number of nitrogens with one attached hydrogen (secondary N) is 1. The number of hydrogen-bond acceptors (Lipinski definition) is 2. The zero-order valence-electron chi connectivity index (χ0n) is 13.7. The molecule has 2 aromatic carbocycles. The van der Waals surface area contributed by atoms with E-state index >= 15 is 0 Å². The van der Waals surface area contributed by atoms with Crippen molar-refractivity contribution in [2.45, 2.75) is 19.3 Å². The van der Waals surface area contributed by atoms with E-state index in [4.69, 9.17) is 0 Å². The van der Waals surface area contributed by atoms with Gasteiger partial charge in [-0.25, -0.2) is 0 Å². The van der Waals surface area contributed by atoms with Crippen LogP contribution in [-0.4, -0.2) is 15.7 Å². The van der Waals surface area contributed by atoms with E-state index in [2.05, 4.69) is 10.4 Å². The Balaban J connectivity index is 1.60. The van der Waals surface area contributed by atoms with Gasteiger partial charge in [-0.05, 0) is 41.5 Å². The van der Waals surface area contributed by atoms with Crippen LogP contribution in [0.3, 0.4) is 0 Å². The quantitative estimate of drug-likeness (QED) is 0.752. The van der Waals surface area contributed by atoms with Crippen LogP contribution in [0.15, 0.2) is 67.0 Å². The van der Waals surface area contributed by atoms with Gasteiger partial charge in [-0.15, -0.1) is 0 Å². The SMILES string of the molecule is O=C(NCc1cccc(C(F)(F)F)c1)c1ccc(Cn2cccn2)cc1. The third-order valence-electron chi connectivity index (χ3n) is 3.83. The van der Waals surface area contributed by atoms with Crippen molar-refractivity contribution in [3.63, 3.8) is 0 Å². The van der Waals surface area contributed by atoms with Crippen LogP contribution in [0.2, 0.25) is 0 Å². The monoisotopic (exact) mass is 359 g/mol. The highest BCUT2D eigenvalue weighted by molar-refractivity contribution is 5.94. The number of rotatable bonds is 5. The van der Waals surface area contributed by atoms with Crippen LogP contribution in [-0.2, 0) is 19.3 Å². The largest absolute Gasteiger partial charge is 0.416 e. The fourth-order valence-electron chi connectivity index (χ4n) is 2.48. The standard InChI is InChI=1S/C19H16F3N3O/c20-19(21,22)17-4-1-3-15(11-17)12-23-18(26)16-7-5-14(6-8-16)13-25-10-2-9-24-25/h1-11H,12-13H2,(H,23,26).